The zero-order valence-electron chi connectivity index (χ0n) is 17.9. The Kier molecular flexibility index (Phi) is 6.17. The molecule has 2 heterocycles. The minimum Gasteiger partial charge on any atom is -0.388 e. The van der Waals surface area contributed by atoms with Gasteiger partial charge in [-0.05, 0) is 47.9 Å². The molecule has 0 saturated carbocycles. The Morgan fingerprint density at radius 2 is 1.72 bits per heavy atom. The zero-order chi connectivity index (χ0) is 22.5. The van der Waals surface area contributed by atoms with Crippen molar-refractivity contribution in [2.45, 2.75) is 13.5 Å². The molecule has 7 heteroatoms. The maximum absolute atomic E-state index is 15.1. The fourth-order valence-corrected chi connectivity index (χ4v) is 3.48. The van der Waals surface area contributed by atoms with Crippen LogP contribution in [-0.2, 0) is 6.54 Å². The predicted octanol–water partition coefficient (Wildman–Crippen LogP) is 5.30. The minimum absolute atomic E-state index is 0.137. The molecular weight excluding hydrogens is 403 g/mol. The van der Waals surface area contributed by atoms with Crippen LogP contribution in [-0.4, -0.2) is 28.2 Å². The van der Waals surface area contributed by atoms with Gasteiger partial charge in [-0.3, -0.25) is 4.98 Å². The van der Waals surface area contributed by atoms with Crippen LogP contribution in [0.25, 0.3) is 22.4 Å². The van der Waals surface area contributed by atoms with Crippen molar-refractivity contribution in [1.82, 2.24) is 15.0 Å². The standard InChI is InChI=1S/C25H23FN6/c1-16-11-19(9-10-29-16)18-5-3-17(4-6-18)14-30-25-23(26)24(31-15-32-25)20-7-8-22(28-2)21(12-20)13-27/h3-13,15,27-28H,14H2,1-2H3,(H,30,31,32). The molecule has 0 saturated heterocycles. The summed E-state index contributed by atoms with van der Waals surface area (Å²) in [4.78, 5) is 12.4. The highest BCUT2D eigenvalue weighted by molar-refractivity contribution is 5.88. The highest BCUT2D eigenvalue weighted by Crippen LogP contribution is 2.27. The first-order chi connectivity index (χ1) is 15.6. The molecule has 0 amide bonds. The largest absolute Gasteiger partial charge is 0.388 e. The van der Waals surface area contributed by atoms with E-state index in [0.717, 1.165) is 28.1 Å². The lowest BCUT2D eigenvalue weighted by molar-refractivity contribution is 0.621. The van der Waals surface area contributed by atoms with E-state index in [1.165, 1.54) is 12.5 Å². The summed E-state index contributed by atoms with van der Waals surface area (Å²) in [6, 6.07) is 17.4. The van der Waals surface area contributed by atoms with Crippen LogP contribution in [0.3, 0.4) is 0 Å². The Labute approximate surface area is 186 Å². The number of pyridine rings is 1. The Morgan fingerprint density at radius 1 is 0.938 bits per heavy atom. The highest BCUT2D eigenvalue weighted by atomic mass is 19.1. The third kappa shape index (κ3) is 4.46. The SMILES string of the molecule is CNc1ccc(-c2ncnc(NCc3ccc(-c4ccnc(C)c4)cc3)c2F)cc1C=N. The van der Waals surface area contributed by atoms with Crippen molar-refractivity contribution in [2.75, 3.05) is 17.7 Å². The summed E-state index contributed by atoms with van der Waals surface area (Å²) in [5.41, 5.74) is 6.40. The molecule has 0 fully saturated rings. The van der Waals surface area contributed by atoms with E-state index < -0.39 is 5.82 Å². The molecule has 0 atom stereocenters. The highest BCUT2D eigenvalue weighted by Gasteiger charge is 2.14. The van der Waals surface area contributed by atoms with Crippen LogP contribution in [0.1, 0.15) is 16.8 Å². The van der Waals surface area contributed by atoms with Crippen molar-refractivity contribution in [3.8, 4) is 22.4 Å². The third-order valence-electron chi connectivity index (χ3n) is 5.18. The lowest BCUT2D eigenvalue weighted by Gasteiger charge is -2.11. The third-order valence-corrected chi connectivity index (χ3v) is 5.18. The van der Waals surface area contributed by atoms with Crippen molar-refractivity contribution in [3.05, 3.63) is 89.8 Å². The van der Waals surface area contributed by atoms with Crippen LogP contribution in [0.4, 0.5) is 15.9 Å². The Balaban J connectivity index is 1.52. The summed E-state index contributed by atoms with van der Waals surface area (Å²) >= 11 is 0. The van der Waals surface area contributed by atoms with E-state index in [1.807, 2.05) is 43.3 Å². The van der Waals surface area contributed by atoms with E-state index in [-0.39, 0.29) is 11.5 Å². The maximum atomic E-state index is 15.1. The first-order valence-electron chi connectivity index (χ1n) is 10.2. The summed E-state index contributed by atoms with van der Waals surface area (Å²) in [7, 11) is 1.78. The fraction of sp³-hybridized carbons (Fsp3) is 0.120. The van der Waals surface area contributed by atoms with Crippen molar-refractivity contribution in [2.24, 2.45) is 0 Å². The average Bonchev–Trinajstić information content (AvgIpc) is 2.83. The summed E-state index contributed by atoms with van der Waals surface area (Å²) in [6.07, 6.45) is 4.36. The summed E-state index contributed by atoms with van der Waals surface area (Å²) in [5, 5.41) is 13.7. The van der Waals surface area contributed by atoms with Crippen LogP contribution in [0, 0.1) is 18.2 Å². The van der Waals surface area contributed by atoms with Crippen LogP contribution < -0.4 is 10.6 Å². The van der Waals surface area contributed by atoms with Crippen molar-refractivity contribution in [3.63, 3.8) is 0 Å². The number of hydrogen-bond donors (Lipinski definition) is 3. The summed E-state index contributed by atoms with van der Waals surface area (Å²) < 4.78 is 15.1. The van der Waals surface area contributed by atoms with Crippen molar-refractivity contribution in [1.29, 1.82) is 5.41 Å². The number of nitrogens with one attached hydrogen (secondary N) is 3. The maximum Gasteiger partial charge on any atom is 0.191 e. The van der Waals surface area contributed by atoms with E-state index in [0.29, 0.717) is 17.7 Å². The predicted molar refractivity (Wildman–Crippen MR) is 127 cm³/mol. The van der Waals surface area contributed by atoms with Gasteiger partial charge in [0, 0.05) is 48.5 Å². The zero-order valence-corrected chi connectivity index (χ0v) is 17.9. The number of aromatic nitrogens is 3. The van der Waals surface area contributed by atoms with Crippen LogP contribution in [0.5, 0.6) is 0 Å². The fourth-order valence-electron chi connectivity index (χ4n) is 3.48. The quantitative estimate of drug-likeness (QED) is 0.349. The van der Waals surface area contributed by atoms with Crippen LogP contribution >= 0.6 is 0 Å². The van der Waals surface area contributed by atoms with Gasteiger partial charge in [-0.2, -0.15) is 0 Å². The van der Waals surface area contributed by atoms with E-state index in [4.69, 9.17) is 5.41 Å². The Morgan fingerprint density at radius 3 is 2.44 bits per heavy atom. The van der Waals surface area contributed by atoms with Gasteiger partial charge in [-0.25, -0.2) is 14.4 Å². The molecule has 0 aliphatic heterocycles. The van der Waals surface area contributed by atoms with E-state index in [2.05, 4.69) is 25.6 Å². The molecule has 0 unspecified atom stereocenters. The van der Waals surface area contributed by atoms with Crippen LogP contribution in [0.2, 0.25) is 0 Å². The molecule has 4 aromatic rings. The van der Waals surface area contributed by atoms with Gasteiger partial charge >= 0.3 is 0 Å². The number of halogens is 1. The first kappa shape index (κ1) is 21.1. The molecule has 3 N–H and O–H groups in total. The first-order valence-corrected chi connectivity index (χ1v) is 10.2. The second-order valence-corrected chi connectivity index (χ2v) is 7.32. The Hall–Kier alpha value is -4.13. The number of hydrogen-bond acceptors (Lipinski definition) is 6. The van der Waals surface area contributed by atoms with Crippen molar-refractivity contribution < 1.29 is 4.39 Å². The Bertz CT molecular complexity index is 1250. The molecule has 0 aliphatic carbocycles. The summed E-state index contributed by atoms with van der Waals surface area (Å²) in [5.74, 6) is -0.387. The smallest absolute Gasteiger partial charge is 0.191 e. The minimum atomic E-state index is -0.524. The van der Waals surface area contributed by atoms with Gasteiger partial charge in [0.1, 0.15) is 12.0 Å². The second kappa shape index (κ2) is 9.34. The molecule has 0 radical (unpaired) electrons. The van der Waals surface area contributed by atoms with E-state index in [1.54, 1.807) is 31.4 Å². The normalized spacial score (nSPS) is 10.6. The molecular formula is C25H23FN6. The molecule has 160 valence electrons. The molecule has 0 spiro atoms. The molecule has 6 nitrogen and oxygen atoms in total. The van der Waals surface area contributed by atoms with Crippen LogP contribution in [0.15, 0.2) is 67.1 Å². The number of aryl methyl sites for hydroxylation is 1. The molecule has 32 heavy (non-hydrogen) atoms. The molecule has 2 aromatic carbocycles. The van der Waals surface area contributed by atoms with Gasteiger partial charge in [0.2, 0.25) is 0 Å². The number of rotatable bonds is 7. The van der Waals surface area contributed by atoms with Gasteiger partial charge < -0.3 is 16.0 Å². The molecule has 0 aliphatic rings. The van der Waals surface area contributed by atoms with Gasteiger partial charge in [-0.15, -0.1) is 0 Å². The van der Waals surface area contributed by atoms with Gasteiger partial charge in [0.05, 0.1) is 0 Å². The second-order valence-electron chi connectivity index (χ2n) is 7.32. The number of anilines is 2. The van der Waals surface area contributed by atoms with Crippen molar-refractivity contribution >= 4 is 17.7 Å². The van der Waals surface area contributed by atoms with Gasteiger partial charge in [0.15, 0.2) is 11.6 Å². The lowest BCUT2D eigenvalue weighted by Crippen LogP contribution is -2.06. The number of nitrogens with zero attached hydrogens (tertiary/aromatic N) is 3. The monoisotopic (exact) mass is 426 g/mol. The molecule has 0 bridgehead atoms. The lowest BCUT2D eigenvalue weighted by atomic mass is 10.0. The van der Waals surface area contributed by atoms with E-state index in [9.17, 15) is 0 Å². The summed E-state index contributed by atoms with van der Waals surface area (Å²) in [6.45, 7) is 2.39. The van der Waals surface area contributed by atoms with Gasteiger partial charge in [0.25, 0.3) is 0 Å². The molecule has 4 rings (SSSR count). The average molecular weight is 426 g/mol. The van der Waals surface area contributed by atoms with Gasteiger partial charge in [-0.1, -0.05) is 30.3 Å². The molecule has 2 aromatic heterocycles. The van der Waals surface area contributed by atoms with E-state index >= 15 is 4.39 Å². The topological polar surface area (TPSA) is 86.6 Å². The number of benzene rings is 2.